The zero-order valence-corrected chi connectivity index (χ0v) is 19.4. The molecule has 1 fully saturated rings. The van der Waals surface area contributed by atoms with Gasteiger partial charge in [-0.25, -0.2) is 0 Å². The number of hydrogen-bond donors (Lipinski definition) is 1. The van der Waals surface area contributed by atoms with Gasteiger partial charge >= 0.3 is 0 Å². The lowest BCUT2D eigenvalue weighted by atomic mass is 9.98. The summed E-state index contributed by atoms with van der Waals surface area (Å²) in [6.07, 6.45) is 7.97. The van der Waals surface area contributed by atoms with E-state index in [2.05, 4.69) is 26.3 Å². The summed E-state index contributed by atoms with van der Waals surface area (Å²) in [5.41, 5.74) is 5.25. The van der Waals surface area contributed by atoms with Crippen LogP contribution < -0.4 is 15.6 Å². The summed E-state index contributed by atoms with van der Waals surface area (Å²) in [7, 11) is 0. The van der Waals surface area contributed by atoms with E-state index in [0.29, 0.717) is 17.6 Å². The van der Waals surface area contributed by atoms with E-state index < -0.39 is 0 Å². The molecule has 8 heteroatoms. The monoisotopic (exact) mass is 465 g/mol. The third-order valence-electron chi connectivity index (χ3n) is 7.29. The highest BCUT2D eigenvalue weighted by molar-refractivity contribution is 6.32. The smallest absolute Gasteiger partial charge is 0.251 e. The first-order valence-corrected chi connectivity index (χ1v) is 12.3. The summed E-state index contributed by atoms with van der Waals surface area (Å²) in [4.78, 5) is 23.9. The van der Waals surface area contributed by atoms with E-state index in [4.69, 9.17) is 16.3 Å². The van der Waals surface area contributed by atoms with Crippen molar-refractivity contribution in [3.05, 3.63) is 62.8 Å². The first-order chi connectivity index (χ1) is 16.2. The topological polar surface area (TPSA) is 72.3 Å². The van der Waals surface area contributed by atoms with Crippen LogP contribution in [0.3, 0.4) is 0 Å². The van der Waals surface area contributed by atoms with Gasteiger partial charge in [0.2, 0.25) is 0 Å². The van der Waals surface area contributed by atoms with Crippen molar-refractivity contribution in [3.8, 4) is 5.75 Å². The summed E-state index contributed by atoms with van der Waals surface area (Å²) < 4.78 is 7.52. The molecule has 0 bridgehead atoms. The third-order valence-corrected chi connectivity index (χ3v) is 7.60. The van der Waals surface area contributed by atoms with E-state index in [9.17, 15) is 4.79 Å². The molecule has 0 radical (unpaired) electrons. The molecule has 172 valence electrons. The Kier molecular flexibility index (Phi) is 5.56. The zero-order chi connectivity index (χ0) is 22.4. The molecule has 0 aliphatic carbocycles. The molecule has 0 spiro atoms. The molecule has 7 nitrogen and oxygen atoms in total. The van der Waals surface area contributed by atoms with Gasteiger partial charge in [0.1, 0.15) is 5.75 Å². The number of piperidine rings is 1. The van der Waals surface area contributed by atoms with Crippen LogP contribution in [-0.2, 0) is 19.5 Å². The molecule has 3 aliphatic heterocycles. The van der Waals surface area contributed by atoms with Crippen LogP contribution in [0, 0.1) is 0 Å². The van der Waals surface area contributed by atoms with Crippen LogP contribution in [0.1, 0.15) is 42.0 Å². The Bertz CT molecular complexity index is 1250. The normalized spacial score (nSPS) is 20.7. The molecule has 6 heterocycles. The highest BCUT2D eigenvalue weighted by atomic mass is 35.5. The number of nitrogens with one attached hydrogen (secondary N) is 1. The first kappa shape index (κ1) is 21.1. The van der Waals surface area contributed by atoms with Crippen molar-refractivity contribution in [2.75, 3.05) is 26.2 Å². The van der Waals surface area contributed by atoms with Crippen molar-refractivity contribution in [2.24, 2.45) is 0 Å². The van der Waals surface area contributed by atoms with Gasteiger partial charge in [-0.05, 0) is 56.5 Å². The molecule has 33 heavy (non-hydrogen) atoms. The lowest BCUT2D eigenvalue weighted by molar-refractivity contribution is 0.184. The van der Waals surface area contributed by atoms with Crippen LogP contribution >= 0.6 is 11.6 Å². The van der Waals surface area contributed by atoms with E-state index in [1.807, 2.05) is 10.8 Å². The first-order valence-electron chi connectivity index (χ1n) is 11.9. The van der Waals surface area contributed by atoms with Gasteiger partial charge in [0.15, 0.2) is 0 Å². The van der Waals surface area contributed by atoms with E-state index >= 15 is 0 Å². The number of aryl methyl sites for hydroxylation is 1. The molecule has 3 aromatic rings. The van der Waals surface area contributed by atoms with Crippen molar-refractivity contribution in [3.63, 3.8) is 0 Å². The van der Waals surface area contributed by atoms with E-state index in [1.165, 1.54) is 5.56 Å². The van der Waals surface area contributed by atoms with Gasteiger partial charge in [-0.1, -0.05) is 11.6 Å². The molecule has 0 amide bonds. The largest absolute Gasteiger partial charge is 0.492 e. The predicted octanol–water partition coefficient (Wildman–Crippen LogP) is 3.12. The number of aromatic nitrogens is 3. The number of ether oxygens (including phenoxy) is 1. The Morgan fingerprint density at radius 3 is 2.94 bits per heavy atom. The maximum absolute atomic E-state index is 12.4. The Balaban J connectivity index is 1.06. The van der Waals surface area contributed by atoms with Crippen molar-refractivity contribution in [1.82, 2.24) is 24.8 Å². The molecular formula is C25H28ClN5O2. The van der Waals surface area contributed by atoms with Crippen LogP contribution in [0.15, 0.2) is 35.4 Å². The van der Waals surface area contributed by atoms with Crippen LogP contribution in [-0.4, -0.2) is 51.7 Å². The van der Waals surface area contributed by atoms with Crippen molar-refractivity contribution in [2.45, 2.75) is 50.7 Å². The number of rotatable bonds is 5. The van der Waals surface area contributed by atoms with Gasteiger partial charge in [-0.2, -0.15) is 0 Å². The van der Waals surface area contributed by atoms with Crippen molar-refractivity contribution < 1.29 is 4.74 Å². The fraction of sp³-hybridized carbons (Fsp3) is 0.480. The second kappa shape index (κ2) is 8.70. The Morgan fingerprint density at radius 2 is 2.06 bits per heavy atom. The molecule has 1 saturated heterocycles. The quantitative estimate of drug-likeness (QED) is 0.624. The van der Waals surface area contributed by atoms with Crippen LogP contribution in [0.25, 0.3) is 11.0 Å². The average molecular weight is 466 g/mol. The maximum Gasteiger partial charge on any atom is 0.251 e. The molecule has 1 atom stereocenters. The Hall–Kier alpha value is -2.48. The molecule has 3 aliphatic rings. The minimum absolute atomic E-state index is 0.0283. The Morgan fingerprint density at radius 1 is 1.18 bits per heavy atom. The van der Waals surface area contributed by atoms with Gasteiger partial charge in [-0.15, -0.1) is 0 Å². The van der Waals surface area contributed by atoms with E-state index in [1.54, 1.807) is 18.3 Å². The molecule has 6 rings (SSSR count). The second-order valence-corrected chi connectivity index (χ2v) is 9.83. The molecule has 0 saturated carbocycles. The zero-order valence-electron chi connectivity index (χ0n) is 18.6. The number of pyridine rings is 3. The highest BCUT2D eigenvalue weighted by Gasteiger charge is 2.31. The van der Waals surface area contributed by atoms with E-state index in [0.717, 1.165) is 86.5 Å². The highest BCUT2D eigenvalue weighted by Crippen LogP contribution is 2.37. The summed E-state index contributed by atoms with van der Waals surface area (Å²) in [6.45, 7) is 5.27. The van der Waals surface area contributed by atoms with Gasteiger partial charge in [-0.3, -0.25) is 14.8 Å². The molecule has 1 unspecified atom stereocenters. The van der Waals surface area contributed by atoms with Crippen LogP contribution in [0.2, 0.25) is 5.02 Å². The van der Waals surface area contributed by atoms with Gasteiger partial charge in [0, 0.05) is 49.4 Å². The minimum atomic E-state index is 0.0283. The number of hydrogen-bond acceptors (Lipinski definition) is 6. The van der Waals surface area contributed by atoms with Gasteiger partial charge in [0.25, 0.3) is 5.56 Å². The lowest BCUT2D eigenvalue weighted by Crippen LogP contribution is -2.43. The van der Waals surface area contributed by atoms with Gasteiger partial charge < -0.3 is 19.5 Å². The lowest BCUT2D eigenvalue weighted by Gasteiger charge is -2.34. The van der Waals surface area contributed by atoms with Crippen LogP contribution in [0.4, 0.5) is 0 Å². The maximum atomic E-state index is 12.4. The fourth-order valence-electron chi connectivity index (χ4n) is 5.58. The third kappa shape index (κ3) is 4.03. The van der Waals surface area contributed by atoms with E-state index in [-0.39, 0.29) is 11.5 Å². The SMILES string of the molecule is O=c1ccc2ncc(Cl)c3c2n1CC3CN1CCC(NCc2cc3c(cn2)OCCC3)CC1. The van der Waals surface area contributed by atoms with Crippen molar-refractivity contribution in [1.29, 1.82) is 0 Å². The fourth-order valence-corrected chi connectivity index (χ4v) is 5.87. The van der Waals surface area contributed by atoms with Crippen LogP contribution in [0.5, 0.6) is 5.75 Å². The summed E-state index contributed by atoms with van der Waals surface area (Å²) in [6, 6.07) is 6.10. The summed E-state index contributed by atoms with van der Waals surface area (Å²) >= 11 is 6.55. The average Bonchev–Trinajstić information content (AvgIpc) is 3.23. The number of fused-ring (bicyclic) bond motifs is 1. The summed E-state index contributed by atoms with van der Waals surface area (Å²) in [5, 5.41) is 4.37. The second-order valence-electron chi connectivity index (χ2n) is 9.42. The predicted molar refractivity (Wildman–Crippen MR) is 128 cm³/mol. The number of likely N-dealkylation sites (tertiary alicyclic amines) is 1. The number of nitrogens with zero attached hydrogens (tertiary/aromatic N) is 4. The molecule has 0 aromatic carbocycles. The molecular weight excluding hydrogens is 438 g/mol. The minimum Gasteiger partial charge on any atom is -0.492 e. The number of halogens is 1. The van der Waals surface area contributed by atoms with Crippen molar-refractivity contribution >= 4 is 22.6 Å². The molecule has 3 aromatic heterocycles. The standard InChI is InChI=1S/C25H28ClN5O2/c26-20-12-29-21-3-4-23(32)31-15-17(24(20)25(21)31)14-30-7-5-18(6-8-30)27-11-19-10-16-2-1-9-33-22(16)13-28-19/h3-4,10,12-13,17-18,27H,1-2,5-9,11,14-15H2. The molecule has 1 N–H and O–H groups in total. The Labute approximate surface area is 197 Å². The summed E-state index contributed by atoms with van der Waals surface area (Å²) in [5.74, 6) is 1.17. The van der Waals surface area contributed by atoms with Gasteiger partial charge in [0.05, 0.1) is 34.6 Å².